The predicted octanol–water partition coefficient (Wildman–Crippen LogP) is 3.97. The summed E-state index contributed by atoms with van der Waals surface area (Å²) in [6, 6.07) is 17.4. The summed E-state index contributed by atoms with van der Waals surface area (Å²) < 4.78 is 5.14. The SMILES string of the molecule is COc1ccc(CCC(=O)Nc2cccc(-c3cc(C)[nH]n3)c2)cc1. The second-order valence-corrected chi connectivity index (χ2v) is 5.91. The van der Waals surface area contributed by atoms with Crippen LogP contribution in [0.4, 0.5) is 5.69 Å². The fraction of sp³-hybridized carbons (Fsp3) is 0.200. The van der Waals surface area contributed by atoms with Crippen LogP contribution in [-0.2, 0) is 11.2 Å². The molecule has 2 aromatic carbocycles. The largest absolute Gasteiger partial charge is 0.497 e. The number of nitrogens with one attached hydrogen (secondary N) is 2. The van der Waals surface area contributed by atoms with Crippen LogP contribution in [0.3, 0.4) is 0 Å². The number of ether oxygens (including phenoxy) is 1. The minimum Gasteiger partial charge on any atom is -0.497 e. The molecule has 1 aromatic heterocycles. The number of hydrogen-bond acceptors (Lipinski definition) is 3. The van der Waals surface area contributed by atoms with Gasteiger partial charge in [-0.3, -0.25) is 9.89 Å². The smallest absolute Gasteiger partial charge is 0.224 e. The Morgan fingerprint density at radius 3 is 2.64 bits per heavy atom. The highest BCUT2D eigenvalue weighted by molar-refractivity contribution is 5.91. The van der Waals surface area contributed by atoms with E-state index in [0.717, 1.165) is 34.0 Å². The predicted molar refractivity (Wildman–Crippen MR) is 98.7 cm³/mol. The Bertz CT molecular complexity index is 853. The maximum absolute atomic E-state index is 12.2. The maximum Gasteiger partial charge on any atom is 0.224 e. The molecule has 5 heteroatoms. The number of anilines is 1. The number of nitrogens with zero attached hydrogens (tertiary/aromatic N) is 1. The van der Waals surface area contributed by atoms with E-state index < -0.39 is 0 Å². The minimum atomic E-state index is -0.00817. The van der Waals surface area contributed by atoms with E-state index in [0.29, 0.717) is 12.8 Å². The van der Waals surface area contributed by atoms with Gasteiger partial charge in [0.1, 0.15) is 5.75 Å². The van der Waals surface area contributed by atoms with Crippen LogP contribution in [0.5, 0.6) is 5.75 Å². The zero-order valence-electron chi connectivity index (χ0n) is 14.4. The molecule has 1 heterocycles. The van der Waals surface area contributed by atoms with Crippen molar-refractivity contribution in [1.29, 1.82) is 0 Å². The summed E-state index contributed by atoms with van der Waals surface area (Å²) in [4.78, 5) is 12.2. The van der Waals surface area contributed by atoms with Crippen LogP contribution >= 0.6 is 0 Å². The Labute approximate surface area is 147 Å². The van der Waals surface area contributed by atoms with E-state index in [2.05, 4.69) is 15.5 Å². The van der Waals surface area contributed by atoms with Crippen LogP contribution in [0.15, 0.2) is 54.6 Å². The number of methoxy groups -OCH3 is 1. The molecule has 0 aliphatic rings. The number of amides is 1. The van der Waals surface area contributed by atoms with Crippen LogP contribution in [0.2, 0.25) is 0 Å². The van der Waals surface area contributed by atoms with Crippen molar-refractivity contribution in [2.75, 3.05) is 12.4 Å². The number of aromatic amines is 1. The first kappa shape index (κ1) is 16.8. The summed E-state index contributed by atoms with van der Waals surface area (Å²) in [7, 11) is 1.64. The lowest BCUT2D eigenvalue weighted by atomic mass is 10.1. The van der Waals surface area contributed by atoms with Gasteiger partial charge in [-0.15, -0.1) is 0 Å². The molecule has 0 bridgehead atoms. The number of carbonyl (C=O) groups excluding carboxylic acids is 1. The first-order valence-electron chi connectivity index (χ1n) is 8.19. The van der Waals surface area contributed by atoms with Crippen LogP contribution in [0, 0.1) is 6.92 Å². The lowest BCUT2D eigenvalue weighted by molar-refractivity contribution is -0.116. The third kappa shape index (κ3) is 4.47. The van der Waals surface area contributed by atoms with E-state index in [1.54, 1.807) is 7.11 Å². The molecule has 5 nitrogen and oxygen atoms in total. The monoisotopic (exact) mass is 335 g/mol. The summed E-state index contributed by atoms with van der Waals surface area (Å²) >= 11 is 0. The van der Waals surface area contributed by atoms with Crippen LogP contribution in [0.1, 0.15) is 17.7 Å². The van der Waals surface area contributed by atoms with Gasteiger partial charge in [0.05, 0.1) is 12.8 Å². The molecular formula is C20H21N3O2. The fourth-order valence-corrected chi connectivity index (χ4v) is 2.60. The molecule has 0 radical (unpaired) electrons. The van der Waals surface area contributed by atoms with Crippen molar-refractivity contribution in [2.45, 2.75) is 19.8 Å². The van der Waals surface area contributed by atoms with Crippen molar-refractivity contribution in [2.24, 2.45) is 0 Å². The van der Waals surface area contributed by atoms with Gasteiger partial charge < -0.3 is 10.1 Å². The number of aromatic nitrogens is 2. The van der Waals surface area contributed by atoms with Crippen molar-refractivity contribution in [3.8, 4) is 17.0 Å². The van der Waals surface area contributed by atoms with Gasteiger partial charge in [0.15, 0.2) is 0 Å². The van der Waals surface area contributed by atoms with Gasteiger partial charge in [-0.05, 0) is 49.2 Å². The molecule has 0 atom stereocenters. The van der Waals surface area contributed by atoms with E-state index in [1.807, 2.05) is 61.5 Å². The van der Waals surface area contributed by atoms with Gasteiger partial charge in [-0.1, -0.05) is 24.3 Å². The molecule has 0 spiro atoms. The summed E-state index contributed by atoms with van der Waals surface area (Å²) in [5, 5.41) is 10.1. The average molecular weight is 335 g/mol. The zero-order valence-corrected chi connectivity index (χ0v) is 14.4. The van der Waals surface area contributed by atoms with E-state index in [4.69, 9.17) is 4.74 Å². The molecule has 0 unspecified atom stereocenters. The van der Waals surface area contributed by atoms with Gasteiger partial charge >= 0.3 is 0 Å². The molecule has 0 saturated heterocycles. The third-order valence-corrected chi connectivity index (χ3v) is 3.95. The minimum absolute atomic E-state index is 0.00817. The lowest BCUT2D eigenvalue weighted by Crippen LogP contribution is -2.12. The van der Waals surface area contributed by atoms with Crippen molar-refractivity contribution in [3.05, 3.63) is 65.9 Å². The van der Waals surface area contributed by atoms with Crippen molar-refractivity contribution < 1.29 is 9.53 Å². The number of H-pyrrole nitrogens is 1. The van der Waals surface area contributed by atoms with E-state index in [1.165, 1.54) is 0 Å². The van der Waals surface area contributed by atoms with Gasteiger partial charge in [0.2, 0.25) is 5.91 Å². The summed E-state index contributed by atoms with van der Waals surface area (Å²) in [5.74, 6) is 0.810. The van der Waals surface area contributed by atoms with E-state index in [-0.39, 0.29) is 5.91 Å². The Morgan fingerprint density at radius 2 is 1.96 bits per heavy atom. The number of aryl methyl sites for hydroxylation is 2. The number of benzene rings is 2. The fourth-order valence-electron chi connectivity index (χ4n) is 2.60. The van der Waals surface area contributed by atoms with Gasteiger partial charge in [0.25, 0.3) is 0 Å². The summed E-state index contributed by atoms with van der Waals surface area (Å²) in [5.41, 5.74) is 4.72. The molecule has 0 fully saturated rings. The highest BCUT2D eigenvalue weighted by Crippen LogP contribution is 2.21. The number of hydrogen-bond donors (Lipinski definition) is 2. The zero-order chi connectivity index (χ0) is 17.6. The quantitative estimate of drug-likeness (QED) is 0.716. The Morgan fingerprint density at radius 1 is 1.16 bits per heavy atom. The molecule has 0 aliphatic carbocycles. The molecule has 128 valence electrons. The molecule has 1 amide bonds. The first-order valence-corrected chi connectivity index (χ1v) is 8.19. The Balaban J connectivity index is 1.59. The van der Waals surface area contributed by atoms with Crippen molar-refractivity contribution in [3.63, 3.8) is 0 Å². The normalized spacial score (nSPS) is 10.5. The van der Waals surface area contributed by atoms with Crippen LogP contribution in [-0.4, -0.2) is 23.2 Å². The Kier molecular flexibility index (Phi) is 5.14. The summed E-state index contributed by atoms with van der Waals surface area (Å²) in [6.45, 7) is 1.96. The van der Waals surface area contributed by atoms with Gasteiger partial charge in [-0.25, -0.2) is 0 Å². The molecule has 0 saturated carbocycles. The van der Waals surface area contributed by atoms with Crippen molar-refractivity contribution >= 4 is 11.6 Å². The summed E-state index contributed by atoms with van der Waals surface area (Å²) in [6.07, 6.45) is 1.12. The molecule has 3 aromatic rings. The highest BCUT2D eigenvalue weighted by atomic mass is 16.5. The molecule has 25 heavy (non-hydrogen) atoms. The average Bonchev–Trinajstić information content (AvgIpc) is 3.07. The third-order valence-electron chi connectivity index (χ3n) is 3.95. The second-order valence-electron chi connectivity index (χ2n) is 5.91. The van der Waals surface area contributed by atoms with Crippen LogP contribution < -0.4 is 10.1 Å². The van der Waals surface area contributed by atoms with Gasteiger partial charge in [-0.2, -0.15) is 5.10 Å². The first-order chi connectivity index (χ1) is 12.1. The topological polar surface area (TPSA) is 67.0 Å². The number of rotatable bonds is 6. The maximum atomic E-state index is 12.2. The number of carbonyl (C=O) groups is 1. The molecule has 0 aliphatic heterocycles. The van der Waals surface area contributed by atoms with Crippen molar-refractivity contribution in [1.82, 2.24) is 10.2 Å². The Hall–Kier alpha value is -3.08. The molecule has 3 rings (SSSR count). The lowest BCUT2D eigenvalue weighted by Gasteiger charge is -2.07. The van der Waals surface area contributed by atoms with Crippen LogP contribution in [0.25, 0.3) is 11.3 Å². The standard InChI is InChI=1S/C20H21N3O2/c1-14-12-19(23-22-14)16-4-3-5-17(13-16)21-20(24)11-8-15-6-9-18(25-2)10-7-15/h3-7,9-10,12-13H,8,11H2,1-2H3,(H,21,24)(H,22,23). The van der Waals surface area contributed by atoms with Gasteiger partial charge in [0, 0.05) is 23.4 Å². The van der Waals surface area contributed by atoms with E-state index >= 15 is 0 Å². The highest BCUT2D eigenvalue weighted by Gasteiger charge is 2.06. The second kappa shape index (κ2) is 7.66. The molecular weight excluding hydrogens is 314 g/mol. The molecule has 2 N–H and O–H groups in total. The van der Waals surface area contributed by atoms with E-state index in [9.17, 15) is 4.79 Å².